The molecule has 0 atom stereocenters. The van der Waals surface area contributed by atoms with Gasteiger partial charge >= 0.3 is 0 Å². The highest BCUT2D eigenvalue weighted by molar-refractivity contribution is 5.63. The van der Waals surface area contributed by atoms with Gasteiger partial charge in [0.05, 0.1) is 0 Å². The minimum Gasteiger partial charge on any atom is -0.370 e. The molecule has 0 saturated carbocycles. The minimum absolute atomic E-state index is 0.845. The van der Waals surface area contributed by atoms with E-state index in [-0.39, 0.29) is 0 Å². The Balaban J connectivity index is 1.78. The second kappa shape index (κ2) is 5.45. The van der Waals surface area contributed by atoms with Crippen molar-refractivity contribution in [3.63, 3.8) is 0 Å². The van der Waals surface area contributed by atoms with Gasteiger partial charge in [-0.05, 0) is 32.0 Å². The van der Waals surface area contributed by atoms with Gasteiger partial charge < -0.3 is 14.7 Å². The second-order valence-corrected chi connectivity index (χ2v) is 4.96. The largest absolute Gasteiger partial charge is 0.370 e. The highest BCUT2D eigenvalue weighted by Crippen LogP contribution is 2.23. The van der Waals surface area contributed by atoms with Gasteiger partial charge in [0, 0.05) is 37.0 Å². The van der Waals surface area contributed by atoms with Gasteiger partial charge in [-0.2, -0.15) is 0 Å². The number of benzene rings is 1. The molecule has 2 heterocycles. The number of hydrogen-bond acceptors (Lipinski definition) is 4. The van der Waals surface area contributed by atoms with Crippen molar-refractivity contribution in [1.29, 1.82) is 0 Å². The summed E-state index contributed by atoms with van der Waals surface area (Å²) in [5.74, 6) is 0.845. The van der Waals surface area contributed by atoms with Crippen LogP contribution in [0.15, 0.2) is 34.9 Å². The van der Waals surface area contributed by atoms with Crippen LogP contribution in [0.2, 0.25) is 0 Å². The van der Waals surface area contributed by atoms with Gasteiger partial charge in [-0.3, -0.25) is 0 Å². The molecule has 1 aromatic carbocycles. The van der Waals surface area contributed by atoms with Crippen molar-refractivity contribution in [2.75, 3.05) is 31.1 Å². The molecule has 1 N–H and O–H groups in total. The van der Waals surface area contributed by atoms with E-state index in [1.807, 2.05) is 13.0 Å². The van der Waals surface area contributed by atoms with E-state index in [0.717, 1.165) is 43.2 Å². The van der Waals surface area contributed by atoms with E-state index in [9.17, 15) is 0 Å². The fourth-order valence-corrected chi connectivity index (χ4v) is 2.45. The van der Waals surface area contributed by atoms with Gasteiger partial charge in [0.1, 0.15) is 11.5 Å². The summed E-state index contributed by atoms with van der Waals surface area (Å²) in [4.78, 5) is 2.43. The molecule has 19 heavy (non-hydrogen) atoms. The van der Waals surface area contributed by atoms with Gasteiger partial charge in [0.2, 0.25) is 0 Å². The molecule has 0 aliphatic carbocycles. The number of nitrogens with one attached hydrogen (secondary N) is 1. The number of hydrogen-bond donors (Lipinski definition) is 1. The van der Waals surface area contributed by atoms with Crippen LogP contribution in [0.25, 0.3) is 11.3 Å². The molecule has 0 spiro atoms. The highest BCUT2D eigenvalue weighted by atomic mass is 16.5. The summed E-state index contributed by atoms with van der Waals surface area (Å²) < 4.78 is 5.11. The Morgan fingerprint density at radius 1 is 1.16 bits per heavy atom. The highest BCUT2D eigenvalue weighted by Gasteiger charge is 2.10. The molecule has 100 valence electrons. The Morgan fingerprint density at radius 2 is 2.00 bits per heavy atom. The molecule has 4 nitrogen and oxygen atoms in total. The van der Waals surface area contributed by atoms with Crippen molar-refractivity contribution in [3.8, 4) is 11.3 Å². The van der Waals surface area contributed by atoms with E-state index in [4.69, 9.17) is 4.52 Å². The lowest BCUT2D eigenvalue weighted by Gasteiger charge is -2.22. The smallest absolute Gasteiger partial charge is 0.134 e. The number of rotatable bonds is 2. The first-order chi connectivity index (χ1) is 9.33. The van der Waals surface area contributed by atoms with E-state index >= 15 is 0 Å². The summed E-state index contributed by atoms with van der Waals surface area (Å²) in [6.45, 7) is 6.28. The zero-order chi connectivity index (χ0) is 13.1. The van der Waals surface area contributed by atoms with Crippen molar-refractivity contribution >= 4 is 5.69 Å². The standard InChI is InChI=1S/C15H19N3O/c1-12-11-15(17-19-12)13-3-5-14(6-4-13)18-9-2-7-16-8-10-18/h3-6,11,16H,2,7-10H2,1H3. The minimum atomic E-state index is 0.845. The Labute approximate surface area is 113 Å². The monoisotopic (exact) mass is 257 g/mol. The molecular weight excluding hydrogens is 238 g/mol. The molecule has 1 aliphatic rings. The van der Waals surface area contributed by atoms with Crippen LogP contribution < -0.4 is 10.2 Å². The molecule has 1 saturated heterocycles. The summed E-state index contributed by atoms with van der Waals surface area (Å²) in [6, 6.07) is 10.5. The lowest BCUT2D eigenvalue weighted by atomic mass is 10.1. The van der Waals surface area contributed by atoms with Crippen molar-refractivity contribution in [2.45, 2.75) is 13.3 Å². The van der Waals surface area contributed by atoms with Crippen LogP contribution in [0.5, 0.6) is 0 Å². The number of anilines is 1. The van der Waals surface area contributed by atoms with Gasteiger partial charge in [-0.15, -0.1) is 0 Å². The molecule has 0 bridgehead atoms. The molecule has 4 heteroatoms. The van der Waals surface area contributed by atoms with Crippen molar-refractivity contribution in [2.24, 2.45) is 0 Å². The molecule has 1 aliphatic heterocycles. The molecule has 1 aromatic heterocycles. The van der Waals surface area contributed by atoms with Gasteiger partial charge in [0.15, 0.2) is 0 Å². The first kappa shape index (κ1) is 12.2. The summed E-state index contributed by atoms with van der Waals surface area (Å²) in [5, 5.41) is 7.47. The maximum atomic E-state index is 5.11. The van der Waals surface area contributed by atoms with E-state index in [1.54, 1.807) is 0 Å². The Hall–Kier alpha value is -1.81. The van der Waals surface area contributed by atoms with Gasteiger partial charge in [0.25, 0.3) is 0 Å². The first-order valence-electron chi connectivity index (χ1n) is 6.82. The Morgan fingerprint density at radius 3 is 2.74 bits per heavy atom. The molecule has 2 aromatic rings. The molecule has 3 rings (SSSR count). The maximum Gasteiger partial charge on any atom is 0.134 e. The number of aromatic nitrogens is 1. The fraction of sp³-hybridized carbons (Fsp3) is 0.400. The average molecular weight is 257 g/mol. The average Bonchev–Trinajstić information content (AvgIpc) is 2.72. The van der Waals surface area contributed by atoms with Crippen LogP contribution in [0, 0.1) is 6.92 Å². The lowest BCUT2D eigenvalue weighted by molar-refractivity contribution is 0.399. The van der Waals surface area contributed by atoms with Crippen LogP contribution in [0.3, 0.4) is 0 Å². The predicted octanol–water partition coefficient (Wildman–Crippen LogP) is 2.45. The number of aryl methyl sites for hydroxylation is 1. The van der Waals surface area contributed by atoms with Crippen molar-refractivity contribution in [1.82, 2.24) is 10.5 Å². The summed E-state index contributed by atoms with van der Waals surface area (Å²) in [6.07, 6.45) is 1.20. The van der Waals surface area contributed by atoms with E-state index in [2.05, 4.69) is 39.6 Å². The van der Waals surface area contributed by atoms with Crippen LogP contribution >= 0.6 is 0 Å². The Kier molecular flexibility index (Phi) is 3.51. The second-order valence-electron chi connectivity index (χ2n) is 4.96. The quantitative estimate of drug-likeness (QED) is 0.897. The Bertz CT molecular complexity index is 525. The third-order valence-electron chi connectivity index (χ3n) is 3.50. The molecule has 1 fully saturated rings. The van der Waals surface area contributed by atoms with E-state index in [0.29, 0.717) is 0 Å². The van der Waals surface area contributed by atoms with Gasteiger partial charge in [-0.1, -0.05) is 17.3 Å². The zero-order valence-corrected chi connectivity index (χ0v) is 11.2. The molecule has 0 unspecified atom stereocenters. The van der Waals surface area contributed by atoms with Crippen LogP contribution in [-0.2, 0) is 0 Å². The SMILES string of the molecule is Cc1cc(-c2ccc(N3CCCNCC3)cc2)no1. The molecular formula is C15H19N3O. The fourth-order valence-electron chi connectivity index (χ4n) is 2.45. The summed E-state index contributed by atoms with van der Waals surface area (Å²) in [5.41, 5.74) is 3.29. The van der Waals surface area contributed by atoms with Crippen molar-refractivity contribution in [3.05, 3.63) is 36.1 Å². The van der Waals surface area contributed by atoms with Crippen LogP contribution in [0.1, 0.15) is 12.2 Å². The number of nitrogens with zero attached hydrogens (tertiary/aromatic N) is 2. The van der Waals surface area contributed by atoms with Crippen molar-refractivity contribution < 1.29 is 4.52 Å². The topological polar surface area (TPSA) is 41.3 Å². The first-order valence-corrected chi connectivity index (χ1v) is 6.82. The van der Waals surface area contributed by atoms with Crippen LogP contribution in [-0.4, -0.2) is 31.3 Å². The summed E-state index contributed by atoms with van der Waals surface area (Å²) >= 11 is 0. The van der Waals surface area contributed by atoms with Gasteiger partial charge in [-0.25, -0.2) is 0 Å². The zero-order valence-electron chi connectivity index (χ0n) is 11.2. The predicted molar refractivity (Wildman–Crippen MR) is 76.4 cm³/mol. The van der Waals surface area contributed by atoms with E-state index < -0.39 is 0 Å². The van der Waals surface area contributed by atoms with Crippen LogP contribution in [0.4, 0.5) is 5.69 Å². The third-order valence-corrected chi connectivity index (χ3v) is 3.50. The lowest BCUT2D eigenvalue weighted by Crippen LogP contribution is -2.27. The third kappa shape index (κ3) is 2.79. The summed E-state index contributed by atoms with van der Waals surface area (Å²) in [7, 11) is 0. The molecule has 0 amide bonds. The normalized spacial score (nSPS) is 16.4. The molecule has 0 radical (unpaired) electrons. The van der Waals surface area contributed by atoms with E-state index in [1.165, 1.54) is 12.1 Å². The maximum absolute atomic E-state index is 5.11.